The van der Waals surface area contributed by atoms with Gasteiger partial charge in [0.15, 0.2) is 11.2 Å². The number of hydrogen-bond donors (Lipinski definition) is 3. The number of sulfonamides is 1. The molecule has 1 aliphatic heterocycles. The SMILES string of the molecule is CC#CCn1c(N2CCNCC2)nc2nc(Nc3ccccc3S(N)(=O)=O)n(C)c(=O)c21. The van der Waals surface area contributed by atoms with Crippen molar-refractivity contribution in [3.63, 3.8) is 0 Å². The molecule has 0 unspecified atom stereocenters. The smallest absolute Gasteiger partial charge is 0.281 e. The van der Waals surface area contributed by atoms with Crippen molar-refractivity contribution in [3.05, 3.63) is 34.6 Å². The van der Waals surface area contributed by atoms with E-state index in [1.807, 2.05) is 0 Å². The van der Waals surface area contributed by atoms with Crippen LogP contribution in [0, 0.1) is 11.8 Å². The summed E-state index contributed by atoms with van der Waals surface area (Å²) in [7, 11) is -2.41. The van der Waals surface area contributed by atoms with Crippen LogP contribution in [0.4, 0.5) is 17.6 Å². The molecule has 2 aromatic heterocycles. The lowest BCUT2D eigenvalue weighted by molar-refractivity contribution is 0.573. The highest BCUT2D eigenvalue weighted by molar-refractivity contribution is 7.89. The van der Waals surface area contributed by atoms with Gasteiger partial charge in [0, 0.05) is 33.2 Å². The summed E-state index contributed by atoms with van der Waals surface area (Å²) < 4.78 is 27.0. The fraction of sp³-hybridized carbons (Fsp3) is 0.350. The molecule has 0 spiro atoms. The number of nitrogens with zero attached hydrogens (tertiary/aromatic N) is 5. The van der Waals surface area contributed by atoms with Crippen LogP contribution in [0.25, 0.3) is 11.2 Å². The maximum atomic E-state index is 13.3. The zero-order valence-corrected chi connectivity index (χ0v) is 18.6. The first-order chi connectivity index (χ1) is 15.3. The molecule has 1 aliphatic rings. The molecule has 1 fully saturated rings. The second-order valence-electron chi connectivity index (χ2n) is 7.30. The number of piperazine rings is 1. The number of imidazole rings is 1. The van der Waals surface area contributed by atoms with Gasteiger partial charge in [-0.25, -0.2) is 13.6 Å². The third kappa shape index (κ3) is 4.05. The van der Waals surface area contributed by atoms with E-state index in [1.54, 1.807) is 36.7 Å². The second-order valence-corrected chi connectivity index (χ2v) is 8.83. The van der Waals surface area contributed by atoms with Crippen molar-refractivity contribution in [1.29, 1.82) is 0 Å². The molecular formula is C20H24N8O3S. The molecule has 0 amide bonds. The normalized spacial score (nSPS) is 14.3. The summed E-state index contributed by atoms with van der Waals surface area (Å²) in [5.41, 5.74) is 0.497. The highest BCUT2D eigenvalue weighted by Crippen LogP contribution is 2.25. The number of primary sulfonamides is 1. The summed E-state index contributed by atoms with van der Waals surface area (Å²) in [4.78, 5) is 24.5. The molecule has 4 rings (SSSR count). The molecule has 11 nitrogen and oxygen atoms in total. The molecule has 32 heavy (non-hydrogen) atoms. The average Bonchev–Trinajstić information content (AvgIpc) is 3.14. The van der Waals surface area contributed by atoms with Gasteiger partial charge in [-0.05, 0) is 19.1 Å². The topological polar surface area (TPSA) is 140 Å². The molecule has 1 aromatic carbocycles. The molecule has 0 saturated carbocycles. The van der Waals surface area contributed by atoms with E-state index in [4.69, 9.17) is 5.14 Å². The van der Waals surface area contributed by atoms with Gasteiger partial charge in [-0.1, -0.05) is 18.1 Å². The Kier molecular flexibility index (Phi) is 5.88. The lowest BCUT2D eigenvalue weighted by Crippen LogP contribution is -2.44. The number of nitrogens with two attached hydrogens (primary N) is 1. The number of para-hydroxylation sites is 1. The molecule has 3 heterocycles. The highest BCUT2D eigenvalue weighted by Gasteiger charge is 2.23. The zero-order valence-electron chi connectivity index (χ0n) is 17.8. The van der Waals surface area contributed by atoms with Gasteiger partial charge in [0.2, 0.25) is 21.9 Å². The Hall–Kier alpha value is -3.40. The molecule has 0 aliphatic carbocycles. The Morgan fingerprint density at radius 3 is 2.62 bits per heavy atom. The third-order valence-electron chi connectivity index (χ3n) is 5.22. The fourth-order valence-electron chi connectivity index (χ4n) is 3.61. The van der Waals surface area contributed by atoms with Gasteiger partial charge in [0.05, 0.1) is 12.2 Å². The van der Waals surface area contributed by atoms with Crippen LogP contribution in [0.3, 0.4) is 0 Å². The summed E-state index contributed by atoms with van der Waals surface area (Å²) in [6.45, 7) is 5.16. The Morgan fingerprint density at radius 2 is 1.94 bits per heavy atom. The largest absolute Gasteiger partial charge is 0.340 e. The predicted octanol–water partition coefficient (Wildman–Crippen LogP) is -0.0461. The molecule has 4 N–H and O–H groups in total. The minimum atomic E-state index is -3.97. The van der Waals surface area contributed by atoms with Crippen LogP contribution in [0.5, 0.6) is 0 Å². The van der Waals surface area contributed by atoms with Crippen LogP contribution in [0.2, 0.25) is 0 Å². The van der Waals surface area contributed by atoms with E-state index in [-0.39, 0.29) is 27.7 Å². The average molecular weight is 457 g/mol. The number of nitrogens with one attached hydrogen (secondary N) is 2. The van der Waals surface area contributed by atoms with Crippen molar-refractivity contribution in [2.24, 2.45) is 12.2 Å². The molecule has 3 aromatic rings. The minimum absolute atomic E-state index is 0.0976. The van der Waals surface area contributed by atoms with Crippen molar-refractivity contribution in [2.75, 3.05) is 36.4 Å². The molecular weight excluding hydrogens is 432 g/mol. The van der Waals surface area contributed by atoms with Gasteiger partial charge in [-0.3, -0.25) is 13.9 Å². The molecule has 0 radical (unpaired) electrons. The first-order valence-electron chi connectivity index (χ1n) is 10.0. The number of hydrogen-bond acceptors (Lipinski definition) is 8. The number of aromatic nitrogens is 4. The summed E-state index contributed by atoms with van der Waals surface area (Å²) >= 11 is 0. The predicted molar refractivity (Wildman–Crippen MR) is 122 cm³/mol. The van der Waals surface area contributed by atoms with Crippen molar-refractivity contribution in [2.45, 2.75) is 18.4 Å². The van der Waals surface area contributed by atoms with E-state index in [0.717, 1.165) is 26.2 Å². The summed E-state index contributed by atoms with van der Waals surface area (Å²) in [5.74, 6) is 6.65. The van der Waals surface area contributed by atoms with Crippen molar-refractivity contribution < 1.29 is 8.42 Å². The van der Waals surface area contributed by atoms with Crippen LogP contribution >= 0.6 is 0 Å². The van der Waals surface area contributed by atoms with Gasteiger partial charge < -0.3 is 15.5 Å². The number of benzene rings is 1. The van der Waals surface area contributed by atoms with E-state index in [9.17, 15) is 13.2 Å². The van der Waals surface area contributed by atoms with Crippen LogP contribution in [0.15, 0.2) is 34.0 Å². The monoisotopic (exact) mass is 456 g/mol. The van der Waals surface area contributed by atoms with Gasteiger partial charge in [-0.2, -0.15) is 9.97 Å². The van der Waals surface area contributed by atoms with E-state index in [1.165, 1.54) is 10.6 Å². The van der Waals surface area contributed by atoms with Crippen molar-refractivity contribution in [1.82, 2.24) is 24.4 Å². The standard InChI is InChI=1S/C20H24N8O3S/c1-3-4-11-28-16-17(25-20(28)27-12-9-22-10-13-27)24-19(26(2)18(16)29)23-14-7-5-6-8-15(14)32(21,30)31/h5-8,22H,9-13H2,1-2H3,(H,23,24)(H2,21,30,31). The first-order valence-corrected chi connectivity index (χ1v) is 11.6. The van der Waals surface area contributed by atoms with Crippen molar-refractivity contribution in [3.8, 4) is 11.8 Å². The fourth-order valence-corrected chi connectivity index (χ4v) is 4.31. The zero-order chi connectivity index (χ0) is 22.9. The summed E-state index contributed by atoms with van der Waals surface area (Å²) in [6.07, 6.45) is 0. The summed E-state index contributed by atoms with van der Waals surface area (Å²) in [5, 5.41) is 11.5. The minimum Gasteiger partial charge on any atom is -0.340 e. The highest BCUT2D eigenvalue weighted by atomic mass is 32.2. The van der Waals surface area contributed by atoms with E-state index in [2.05, 4.69) is 37.3 Å². The molecule has 1 saturated heterocycles. The maximum Gasteiger partial charge on any atom is 0.281 e. The molecule has 168 valence electrons. The second kappa shape index (κ2) is 8.62. The third-order valence-corrected chi connectivity index (χ3v) is 6.19. The Balaban J connectivity index is 1.86. The quantitative estimate of drug-likeness (QED) is 0.454. The number of rotatable bonds is 5. The van der Waals surface area contributed by atoms with Crippen LogP contribution in [0.1, 0.15) is 6.92 Å². The van der Waals surface area contributed by atoms with Gasteiger partial charge in [0.25, 0.3) is 5.56 Å². The number of fused-ring (bicyclic) bond motifs is 1. The van der Waals surface area contributed by atoms with E-state index in [0.29, 0.717) is 18.0 Å². The van der Waals surface area contributed by atoms with E-state index < -0.39 is 10.0 Å². The van der Waals surface area contributed by atoms with Crippen LogP contribution < -0.4 is 26.2 Å². The molecule has 0 bridgehead atoms. The Labute approximate surface area is 185 Å². The molecule has 0 atom stereocenters. The van der Waals surface area contributed by atoms with Gasteiger partial charge >= 0.3 is 0 Å². The van der Waals surface area contributed by atoms with Crippen LogP contribution in [-0.4, -0.2) is 53.7 Å². The van der Waals surface area contributed by atoms with Crippen molar-refractivity contribution >= 4 is 38.8 Å². The van der Waals surface area contributed by atoms with Crippen LogP contribution in [-0.2, 0) is 23.6 Å². The summed E-state index contributed by atoms with van der Waals surface area (Å²) in [6, 6.07) is 6.16. The van der Waals surface area contributed by atoms with Gasteiger partial charge in [-0.15, -0.1) is 5.92 Å². The van der Waals surface area contributed by atoms with E-state index >= 15 is 0 Å². The van der Waals surface area contributed by atoms with Gasteiger partial charge in [0.1, 0.15) is 4.90 Å². The molecule has 12 heteroatoms. The Morgan fingerprint density at radius 1 is 1.22 bits per heavy atom. The first kappa shape index (κ1) is 21.8. The maximum absolute atomic E-state index is 13.3. The lowest BCUT2D eigenvalue weighted by atomic mass is 10.3. The number of anilines is 3. The lowest BCUT2D eigenvalue weighted by Gasteiger charge is -2.28. The Bertz CT molecular complexity index is 1390.